The van der Waals surface area contributed by atoms with Crippen molar-refractivity contribution in [3.05, 3.63) is 59.7 Å². The highest BCUT2D eigenvalue weighted by molar-refractivity contribution is 5.94. The van der Waals surface area contributed by atoms with Gasteiger partial charge in [-0.05, 0) is 29.8 Å². The van der Waals surface area contributed by atoms with Gasteiger partial charge in [0.15, 0.2) is 17.5 Å². The summed E-state index contributed by atoms with van der Waals surface area (Å²) in [6.07, 6.45) is -5.88. The first-order valence-electron chi connectivity index (χ1n) is 11.5. The summed E-state index contributed by atoms with van der Waals surface area (Å²) in [6, 6.07) is 10.2. The number of halogens is 3. The van der Waals surface area contributed by atoms with E-state index in [1.807, 2.05) is 0 Å². The highest BCUT2D eigenvalue weighted by atomic mass is 19.4. The van der Waals surface area contributed by atoms with Crippen LogP contribution in [0.1, 0.15) is 34.4 Å². The molecule has 0 bridgehead atoms. The van der Waals surface area contributed by atoms with E-state index >= 15 is 0 Å². The van der Waals surface area contributed by atoms with Crippen molar-refractivity contribution in [3.63, 3.8) is 0 Å². The number of alkyl halides is 3. The summed E-state index contributed by atoms with van der Waals surface area (Å²) in [5.41, 5.74) is 1.74. The number of hydrogen-bond donors (Lipinski definition) is 4. The van der Waals surface area contributed by atoms with E-state index in [9.17, 15) is 23.1 Å². The number of carbonyl (C=O) groups is 1. The number of amides is 1. The Morgan fingerprint density at radius 3 is 2.49 bits per heavy atom. The summed E-state index contributed by atoms with van der Waals surface area (Å²) in [5.74, 6) is 0.645. The summed E-state index contributed by atoms with van der Waals surface area (Å²) >= 11 is 0. The Bertz CT molecular complexity index is 1250. The number of methoxy groups -OCH3 is 2. The van der Waals surface area contributed by atoms with Crippen LogP contribution < -0.4 is 20.1 Å². The number of carbonyl (C=O) groups excluding carboxylic acids is 1. The monoisotopic (exact) mass is 520 g/mol. The molecule has 12 heteroatoms. The standard InChI is InChI=1S/C25H27F3N4O5/c1-36-20-8-7-16(9-21(20)37-2)18-10-22(25(26,27)28)32-23(30-18)11-19(31-32)14-3-5-15(6-4-14)24(35)29-12-17(34)13-33/h3-9,11,17-18,22,30,33-34H,10,12-13H2,1-2H3,(H,29,35). The zero-order chi connectivity index (χ0) is 26.7. The van der Waals surface area contributed by atoms with E-state index < -0.39 is 36.9 Å². The molecule has 0 saturated carbocycles. The molecule has 2 heterocycles. The molecular weight excluding hydrogens is 493 g/mol. The lowest BCUT2D eigenvalue weighted by Crippen LogP contribution is -2.35. The van der Waals surface area contributed by atoms with Gasteiger partial charge in [0, 0.05) is 30.2 Å². The van der Waals surface area contributed by atoms with Gasteiger partial charge in [0.05, 0.1) is 38.7 Å². The van der Waals surface area contributed by atoms with E-state index in [2.05, 4.69) is 15.7 Å². The highest BCUT2D eigenvalue weighted by Crippen LogP contribution is 2.45. The van der Waals surface area contributed by atoms with Crippen molar-refractivity contribution in [3.8, 4) is 22.8 Å². The molecule has 4 N–H and O–H groups in total. The van der Waals surface area contributed by atoms with Crippen molar-refractivity contribution < 1.29 is 37.7 Å². The minimum Gasteiger partial charge on any atom is -0.493 e. The predicted octanol–water partition coefficient (Wildman–Crippen LogP) is 3.31. The van der Waals surface area contributed by atoms with E-state index in [-0.39, 0.29) is 24.3 Å². The van der Waals surface area contributed by atoms with Crippen molar-refractivity contribution in [2.75, 3.05) is 32.7 Å². The fraction of sp³-hybridized carbons (Fsp3) is 0.360. The van der Waals surface area contributed by atoms with Gasteiger partial charge in [-0.2, -0.15) is 18.3 Å². The number of hydrogen-bond acceptors (Lipinski definition) is 7. The number of fused-ring (bicyclic) bond motifs is 1. The van der Waals surface area contributed by atoms with Crippen LogP contribution in [-0.2, 0) is 0 Å². The lowest BCUT2D eigenvalue weighted by Gasteiger charge is -2.33. The van der Waals surface area contributed by atoms with E-state index in [1.54, 1.807) is 36.4 Å². The van der Waals surface area contributed by atoms with Gasteiger partial charge in [-0.25, -0.2) is 4.68 Å². The van der Waals surface area contributed by atoms with Crippen LogP contribution in [0.4, 0.5) is 19.0 Å². The lowest BCUT2D eigenvalue weighted by atomic mass is 9.96. The normalized spacial score (nSPS) is 17.9. The minimum absolute atomic E-state index is 0.114. The number of nitrogens with one attached hydrogen (secondary N) is 2. The first-order valence-corrected chi connectivity index (χ1v) is 11.5. The topological polar surface area (TPSA) is 118 Å². The molecule has 9 nitrogen and oxygen atoms in total. The van der Waals surface area contributed by atoms with Gasteiger partial charge < -0.3 is 30.3 Å². The molecule has 0 spiro atoms. The van der Waals surface area contributed by atoms with Crippen molar-refractivity contribution in [2.24, 2.45) is 0 Å². The summed E-state index contributed by atoms with van der Waals surface area (Å²) in [5, 5.41) is 28.1. The molecule has 37 heavy (non-hydrogen) atoms. The number of ether oxygens (including phenoxy) is 2. The van der Waals surface area contributed by atoms with Crippen molar-refractivity contribution >= 4 is 11.7 Å². The summed E-state index contributed by atoms with van der Waals surface area (Å²) in [7, 11) is 2.94. The average Bonchev–Trinajstić information content (AvgIpc) is 3.34. The molecule has 1 aromatic heterocycles. The number of aliphatic hydroxyl groups excluding tert-OH is 2. The lowest BCUT2D eigenvalue weighted by molar-refractivity contribution is -0.173. The second-order valence-electron chi connectivity index (χ2n) is 8.59. The molecule has 198 valence electrons. The molecule has 1 amide bonds. The van der Waals surface area contributed by atoms with Crippen LogP contribution in [0.3, 0.4) is 0 Å². The SMILES string of the molecule is COc1ccc(C2CC(C(F)(F)F)n3nc(-c4ccc(C(=O)NCC(O)CO)cc4)cc3N2)cc1OC. The Morgan fingerprint density at radius 2 is 1.86 bits per heavy atom. The van der Waals surface area contributed by atoms with Crippen LogP contribution in [0.25, 0.3) is 11.3 Å². The zero-order valence-electron chi connectivity index (χ0n) is 20.1. The third-order valence-electron chi connectivity index (χ3n) is 6.15. The molecule has 4 rings (SSSR count). The smallest absolute Gasteiger partial charge is 0.410 e. The fourth-order valence-corrected chi connectivity index (χ4v) is 4.17. The van der Waals surface area contributed by atoms with E-state index in [0.717, 1.165) is 4.68 Å². The van der Waals surface area contributed by atoms with Gasteiger partial charge in [-0.15, -0.1) is 0 Å². The molecule has 0 saturated heterocycles. The number of rotatable bonds is 8. The number of anilines is 1. The molecular formula is C25H27F3N4O5. The van der Waals surface area contributed by atoms with Gasteiger partial charge in [-0.3, -0.25) is 4.79 Å². The quantitative estimate of drug-likeness (QED) is 0.360. The molecule has 3 aromatic rings. The van der Waals surface area contributed by atoms with Gasteiger partial charge in [0.25, 0.3) is 5.91 Å². The number of aromatic nitrogens is 2. The van der Waals surface area contributed by atoms with E-state index in [0.29, 0.717) is 28.3 Å². The number of benzene rings is 2. The van der Waals surface area contributed by atoms with Crippen LogP contribution in [0.5, 0.6) is 11.5 Å². The molecule has 0 fully saturated rings. The second-order valence-corrected chi connectivity index (χ2v) is 8.59. The zero-order valence-corrected chi connectivity index (χ0v) is 20.1. The molecule has 3 unspecified atom stereocenters. The van der Waals surface area contributed by atoms with Gasteiger partial charge in [-0.1, -0.05) is 18.2 Å². The maximum atomic E-state index is 14.1. The molecule has 0 radical (unpaired) electrons. The summed E-state index contributed by atoms with van der Waals surface area (Å²) in [4.78, 5) is 12.2. The Morgan fingerprint density at radius 1 is 1.16 bits per heavy atom. The Labute approximate surface area is 210 Å². The molecule has 3 atom stereocenters. The third kappa shape index (κ3) is 5.65. The van der Waals surface area contributed by atoms with Crippen molar-refractivity contribution in [1.82, 2.24) is 15.1 Å². The fourth-order valence-electron chi connectivity index (χ4n) is 4.17. The van der Waals surface area contributed by atoms with Crippen molar-refractivity contribution in [1.29, 1.82) is 0 Å². The Hall–Kier alpha value is -3.77. The summed E-state index contributed by atoms with van der Waals surface area (Å²) < 4.78 is 53.7. The number of aliphatic hydroxyl groups is 2. The summed E-state index contributed by atoms with van der Waals surface area (Å²) in [6.45, 7) is -0.597. The minimum atomic E-state index is -4.53. The molecule has 2 aromatic carbocycles. The second kappa shape index (κ2) is 10.7. The van der Waals surface area contributed by atoms with Crippen molar-refractivity contribution in [2.45, 2.75) is 30.8 Å². The van der Waals surface area contributed by atoms with E-state index in [4.69, 9.17) is 14.6 Å². The first kappa shape index (κ1) is 26.3. The van der Waals surface area contributed by atoms with Gasteiger partial charge in [0.2, 0.25) is 0 Å². The molecule has 1 aliphatic heterocycles. The maximum absolute atomic E-state index is 14.1. The van der Waals surface area contributed by atoms with Crippen LogP contribution in [0.15, 0.2) is 48.5 Å². The van der Waals surface area contributed by atoms with E-state index in [1.165, 1.54) is 26.4 Å². The maximum Gasteiger partial charge on any atom is 0.410 e. The largest absolute Gasteiger partial charge is 0.493 e. The Kier molecular flexibility index (Phi) is 7.60. The Balaban J connectivity index is 1.60. The van der Waals surface area contributed by atoms with Crippen LogP contribution in [0.2, 0.25) is 0 Å². The van der Waals surface area contributed by atoms with Crippen LogP contribution >= 0.6 is 0 Å². The first-order chi connectivity index (χ1) is 17.6. The number of nitrogens with zero attached hydrogens (tertiary/aromatic N) is 2. The van der Waals surface area contributed by atoms with Crippen LogP contribution in [-0.4, -0.2) is 65.6 Å². The average molecular weight is 521 g/mol. The van der Waals surface area contributed by atoms with Gasteiger partial charge in [0.1, 0.15) is 5.82 Å². The third-order valence-corrected chi connectivity index (χ3v) is 6.15. The van der Waals surface area contributed by atoms with Gasteiger partial charge >= 0.3 is 6.18 Å². The molecule has 1 aliphatic rings. The van der Waals surface area contributed by atoms with Crippen LogP contribution in [0, 0.1) is 0 Å². The predicted molar refractivity (Wildman–Crippen MR) is 129 cm³/mol. The molecule has 0 aliphatic carbocycles. The highest BCUT2D eigenvalue weighted by Gasteiger charge is 2.46.